The summed E-state index contributed by atoms with van der Waals surface area (Å²) in [4.78, 5) is 11.3. The first-order valence-electron chi connectivity index (χ1n) is 8.59. The molecule has 1 saturated heterocycles. The van der Waals surface area contributed by atoms with E-state index in [1.807, 2.05) is 7.05 Å². The normalized spacial score (nSPS) is 17.8. The molecule has 1 unspecified atom stereocenters. The Labute approximate surface area is 161 Å². The SMILES string of the molecule is CCc1nc(CNC(=NC)NC2CCN(c3ccc(Br)cc3)C2)cs1. The molecule has 0 aliphatic carbocycles. The zero-order valence-corrected chi connectivity index (χ0v) is 17.0. The van der Waals surface area contributed by atoms with Gasteiger partial charge in [0.2, 0.25) is 0 Å². The first-order valence-corrected chi connectivity index (χ1v) is 10.3. The number of rotatable bonds is 5. The quantitative estimate of drug-likeness (QED) is 0.573. The molecule has 0 saturated carbocycles. The molecule has 1 aliphatic heterocycles. The summed E-state index contributed by atoms with van der Waals surface area (Å²) in [5.41, 5.74) is 2.35. The van der Waals surface area contributed by atoms with E-state index in [-0.39, 0.29) is 0 Å². The van der Waals surface area contributed by atoms with E-state index in [0.29, 0.717) is 12.6 Å². The van der Waals surface area contributed by atoms with Crippen molar-refractivity contribution in [1.82, 2.24) is 15.6 Å². The van der Waals surface area contributed by atoms with Crippen LogP contribution in [0.1, 0.15) is 24.0 Å². The molecule has 25 heavy (non-hydrogen) atoms. The summed E-state index contributed by atoms with van der Waals surface area (Å²) in [6, 6.07) is 8.90. The van der Waals surface area contributed by atoms with Crippen LogP contribution in [-0.2, 0) is 13.0 Å². The number of guanidine groups is 1. The van der Waals surface area contributed by atoms with Crippen LogP contribution in [-0.4, -0.2) is 37.1 Å². The minimum absolute atomic E-state index is 0.400. The van der Waals surface area contributed by atoms with Crippen LogP contribution in [0.15, 0.2) is 39.1 Å². The summed E-state index contributed by atoms with van der Waals surface area (Å²) >= 11 is 5.21. The van der Waals surface area contributed by atoms with E-state index in [0.717, 1.165) is 42.1 Å². The van der Waals surface area contributed by atoms with E-state index in [1.54, 1.807) is 11.3 Å². The molecule has 3 rings (SSSR count). The lowest BCUT2D eigenvalue weighted by Crippen LogP contribution is -2.44. The number of nitrogens with zero attached hydrogens (tertiary/aromatic N) is 3. The molecule has 2 aromatic rings. The molecule has 1 fully saturated rings. The number of aliphatic imine (C=N–C) groups is 1. The molecule has 2 N–H and O–H groups in total. The van der Waals surface area contributed by atoms with Gasteiger partial charge in [0.1, 0.15) is 0 Å². The van der Waals surface area contributed by atoms with Crippen LogP contribution in [0.3, 0.4) is 0 Å². The van der Waals surface area contributed by atoms with Crippen LogP contribution in [0.2, 0.25) is 0 Å². The monoisotopic (exact) mass is 421 g/mol. The molecule has 134 valence electrons. The first-order chi connectivity index (χ1) is 12.2. The molecule has 0 spiro atoms. The van der Waals surface area contributed by atoms with Crippen LogP contribution in [0, 0.1) is 0 Å². The standard InChI is InChI=1S/C18H24BrN5S/c1-3-17-22-15(12-25-17)10-21-18(20-2)23-14-8-9-24(11-14)16-6-4-13(19)5-7-16/h4-7,12,14H,3,8-11H2,1-2H3,(H2,20,21,23). The fourth-order valence-electron chi connectivity index (χ4n) is 2.92. The maximum absolute atomic E-state index is 4.59. The van der Waals surface area contributed by atoms with Crippen LogP contribution >= 0.6 is 27.3 Å². The van der Waals surface area contributed by atoms with Gasteiger partial charge in [0.25, 0.3) is 0 Å². The van der Waals surface area contributed by atoms with Gasteiger partial charge >= 0.3 is 0 Å². The molecular formula is C18H24BrN5S. The van der Waals surface area contributed by atoms with Gasteiger partial charge in [0.05, 0.1) is 17.2 Å². The second-order valence-corrected chi connectivity index (χ2v) is 7.92. The Balaban J connectivity index is 1.50. The molecule has 1 aromatic heterocycles. The minimum atomic E-state index is 0.400. The molecule has 1 aliphatic rings. The number of anilines is 1. The number of aryl methyl sites for hydroxylation is 1. The Bertz CT molecular complexity index is 713. The number of thiazole rings is 1. The van der Waals surface area contributed by atoms with Crippen LogP contribution < -0.4 is 15.5 Å². The number of hydrogen-bond acceptors (Lipinski definition) is 4. The van der Waals surface area contributed by atoms with E-state index >= 15 is 0 Å². The zero-order valence-electron chi connectivity index (χ0n) is 14.6. The van der Waals surface area contributed by atoms with E-state index < -0.39 is 0 Å². The molecule has 0 bridgehead atoms. The van der Waals surface area contributed by atoms with Gasteiger partial charge in [-0.2, -0.15) is 0 Å². The summed E-state index contributed by atoms with van der Waals surface area (Å²) in [6.45, 7) is 4.88. The third kappa shape index (κ3) is 4.95. The molecule has 5 nitrogen and oxygen atoms in total. The van der Waals surface area contributed by atoms with Gasteiger partial charge in [-0.1, -0.05) is 22.9 Å². The summed E-state index contributed by atoms with van der Waals surface area (Å²) in [7, 11) is 1.81. The van der Waals surface area contributed by atoms with Crippen molar-refractivity contribution in [3.8, 4) is 0 Å². The van der Waals surface area contributed by atoms with Crippen molar-refractivity contribution < 1.29 is 0 Å². The van der Waals surface area contributed by atoms with Gasteiger partial charge in [-0.05, 0) is 37.1 Å². The third-order valence-corrected chi connectivity index (χ3v) is 5.85. The lowest BCUT2D eigenvalue weighted by Gasteiger charge is -2.20. The topological polar surface area (TPSA) is 52.6 Å². The summed E-state index contributed by atoms with van der Waals surface area (Å²) in [6.07, 6.45) is 2.10. The van der Waals surface area contributed by atoms with Gasteiger partial charge in [-0.25, -0.2) is 4.98 Å². The van der Waals surface area contributed by atoms with Gasteiger partial charge in [0, 0.05) is 41.7 Å². The van der Waals surface area contributed by atoms with Crippen molar-refractivity contribution in [3.63, 3.8) is 0 Å². The molecule has 7 heteroatoms. The van der Waals surface area contributed by atoms with E-state index in [2.05, 4.69) is 78.0 Å². The van der Waals surface area contributed by atoms with Gasteiger partial charge in [-0.15, -0.1) is 11.3 Å². The minimum Gasteiger partial charge on any atom is -0.369 e. The van der Waals surface area contributed by atoms with Gasteiger partial charge in [0.15, 0.2) is 5.96 Å². The van der Waals surface area contributed by atoms with Crippen molar-refractivity contribution in [2.45, 2.75) is 32.4 Å². The molecule has 0 radical (unpaired) electrons. The molecule has 1 aromatic carbocycles. The number of nitrogens with one attached hydrogen (secondary N) is 2. The lowest BCUT2D eigenvalue weighted by atomic mass is 10.3. The summed E-state index contributed by atoms with van der Waals surface area (Å²) in [5.74, 6) is 0.841. The van der Waals surface area contributed by atoms with Crippen molar-refractivity contribution in [1.29, 1.82) is 0 Å². The van der Waals surface area contributed by atoms with Crippen LogP contribution in [0.4, 0.5) is 5.69 Å². The Morgan fingerprint density at radius 1 is 1.40 bits per heavy atom. The van der Waals surface area contributed by atoms with E-state index in [4.69, 9.17) is 0 Å². The second-order valence-electron chi connectivity index (χ2n) is 6.06. The number of halogens is 1. The number of hydrogen-bond donors (Lipinski definition) is 2. The molecule has 2 heterocycles. The average molecular weight is 422 g/mol. The first kappa shape index (κ1) is 18.2. The van der Waals surface area contributed by atoms with Crippen LogP contribution in [0.25, 0.3) is 0 Å². The Morgan fingerprint density at radius 3 is 2.88 bits per heavy atom. The third-order valence-electron chi connectivity index (χ3n) is 4.28. The van der Waals surface area contributed by atoms with Gasteiger partial charge < -0.3 is 15.5 Å². The predicted octanol–water partition coefficient (Wildman–Crippen LogP) is 3.41. The Hall–Kier alpha value is -1.60. The highest BCUT2D eigenvalue weighted by molar-refractivity contribution is 9.10. The highest BCUT2D eigenvalue weighted by atomic mass is 79.9. The average Bonchev–Trinajstić information content (AvgIpc) is 3.28. The largest absolute Gasteiger partial charge is 0.369 e. The van der Waals surface area contributed by atoms with Crippen molar-refractivity contribution in [3.05, 3.63) is 44.8 Å². The number of aromatic nitrogens is 1. The fraction of sp³-hybridized carbons (Fsp3) is 0.444. The predicted molar refractivity (Wildman–Crippen MR) is 110 cm³/mol. The molecule has 0 amide bonds. The molecule has 1 atom stereocenters. The maximum Gasteiger partial charge on any atom is 0.191 e. The van der Waals surface area contributed by atoms with Gasteiger partial charge in [-0.3, -0.25) is 4.99 Å². The highest BCUT2D eigenvalue weighted by Crippen LogP contribution is 2.22. The maximum atomic E-state index is 4.59. The zero-order chi connectivity index (χ0) is 17.6. The Kier molecular flexibility index (Phi) is 6.31. The van der Waals surface area contributed by atoms with Crippen LogP contribution in [0.5, 0.6) is 0 Å². The van der Waals surface area contributed by atoms with Crippen molar-refractivity contribution in [2.75, 3.05) is 25.0 Å². The Morgan fingerprint density at radius 2 is 2.20 bits per heavy atom. The second kappa shape index (κ2) is 8.67. The molecular weight excluding hydrogens is 398 g/mol. The van der Waals surface area contributed by atoms with E-state index in [9.17, 15) is 0 Å². The highest BCUT2D eigenvalue weighted by Gasteiger charge is 2.23. The lowest BCUT2D eigenvalue weighted by molar-refractivity contribution is 0.647. The van der Waals surface area contributed by atoms with Crippen molar-refractivity contribution >= 4 is 38.9 Å². The van der Waals surface area contributed by atoms with Crippen molar-refractivity contribution in [2.24, 2.45) is 4.99 Å². The summed E-state index contributed by atoms with van der Waals surface area (Å²) in [5, 5.41) is 10.2. The fourth-order valence-corrected chi connectivity index (χ4v) is 3.93. The smallest absolute Gasteiger partial charge is 0.191 e. The number of benzene rings is 1. The van der Waals surface area contributed by atoms with E-state index in [1.165, 1.54) is 10.7 Å². The summed E-state index contributed by atoms with van der Waals surface area (Å²) < 4.78 is 1.11.